The smallest absolute Gasteiger partial charge is 0.256 e. The minimum atomic E-state index is 0.685. The number of aryl methyl sites for hydroxylation is 1. The van der Waals surface area contributed by atoms with Crippen LogP contribution in [0, 0.1) is 0 Å². The summed E-state index contributed by atoms with van der Waals surface area (Å²) in [6.07, 6.45) is 4.61. The molecule has 3 aromatic rings. The van der Waals surface area contributed by atoms with Gasteiger partial charge in [0.25, 0.3) is 5.22 Å². The number of nitrogens with two attached hydrogens (primary N) is 1. The Kier molecular flexibility index (Phi) is 3.37. The molecule has 0 radical (unpaired) electrons. The summed E-state index contributed by atoms with van der Waals surface area (Å²) in [5.41, 5.74) is 9.22. The zero-order chi connectivity index (χ0) is 13.1. The fraction of sp³-hybridized carbons (Fsp3) is 0.143. The van der Waals surface area contributed by atoms with Crippen LogP contribution in [0.1, 0.15) is 5.56 Å². The van der Waals surface area contributed by atoms with Crippen molar-refractivity contribution in [2.75, 3.05) is 11.5 Å². The molecule has 96 valence electrons. The van der Waals surface area contributed by atoms with Gasteiger partial charge in [-0.05, 0) is 36.2 Å². The van der Waals surface area contributed by atoms with Crippen molar-refractivity contribution in [3.63, 3.8) is 0 Å². The lowest BCUT2D eigenvalue weighted by atomic mass is 10.2. The fourth-order valence-electron chi connectivity index (χ4n) is 1.79. The van der Waals surface area contributed by atoms with Gasteiger partial charge in [-0.1, -0.05) is 17.8 Å². The molecule has 4 nitrogen and oxygen atoms in total. The highest BCUT2D eigenvalue weighted by atomic mass is 32.2. The van der Waals surface area contributed by atoms with E-state index in [2.05, 4.69) is 16.0 Å². The third-order valence-electron chi connectivity index (χ3n) is 2.73. The zero-order valence-corrected chi connectivity index (χ0v) is 11.1. The van der Waals surface area contributed by atoms with Gasteiger partial charge in [-0.2, -0.15) is 0 Å². The molecule has 0 saturated carbocycles. The highest BCUT2D eigenvalue weighted by Crippen LogP contribution is 2.25. The van der Waals surface area contributed by atoms with Gasteiger partial charge >= 0.3 is 0 Å². The first-order valence-corrected chi connectivity index (χ1v) is 6.97. The molecule has 0 aliphatic rings. The van der Waals surface area contributed by atoms with Gasteiger partial charge in [-0.25, -0.2) is 4.98 Å². The normalized spacial score (nSPS) is 10.9. The number of hydrogen-bond acceptors (Lipinski definition) is 5. The third-order valence-corrected chi connectivity index (χ3v) is 3.56. The molecule has 0 aliphatic carbocycles. The van der Waals surface area contributed by atoms with Gasteiger partial charge < -0.3 is 10.2 Å². The van der Waals surface area contributed by atoms with E-state index in [4.69, 9.17) is 10.2 Å². The van der Waals surface area contributed by atoms with Crippen LogP contribution in [0.15, 0.2) is 52.4 Å². The Morgan fingerprint density at radius 3 is 3.05 bits per heavy atom. The monoisotopic (exact) mass is 271 g/mol. The molecule has 5 heteroatoms. The molecule has 19 heavy (non-hydrogen) atoms. The van der Waals surface area contributed by atoms with Crippen LogP contribution in [0.5, 0.6) is 0 Å². The lowest BCUT2D eigenvalue weighted by Crippen LogP contribution is -1.88. The van der Waals surface area contributed by atoms with E-state index in [1.807, 2.05) is 30.5 Å². The molecular weight excluding hydrogens is 258 g/mol. The highest BCUT2D eigenvalue weighted by molar-refractivity contribution is 7.99. The van der Waals surface area contributed by atoms with Crippen molar-refractivity contribution in [2.45, 2.75) is 11.6 Å². The van der Waals surface area contributed by atoms with E-state index in [1.165, 1.54) is 5.56 Å². The number of anilines is 1. The van der Waals surface area contributed by atoms with E-state index in [0.717, 1.165) is 23.3 Å². The molecule has 2 aromatic heterocycles. The van der Waals surface area contributed by atoms with Crippen LogP contribution in [-0.2, 0) is 6.42 Å². The Hall–Kier alpha value is -2.01. The molecule has 2 heterocycles. The Morgan fingerprint density at radius 2 is 2.21 bits per heavy atom. The number of fused-ring (bicyclic) bond motifs is 1. The average molecular weight is 271 g/mol. The van der Waals surface area contributed by atoms with Crippen molar-refractivity contribution >= 4 is 28.5 Å². The van der Waals surface area contributed by atoms with Gasteiger partial charge in [0.2, 0.25) is 0 Å². The summed E-state index contributed by atoms with van der Waals surface area (Å²) < 4.78 is 5.64. The number of oxazole rings is 1. The summed E-state index contributed by atoms with van der Waals surface area (Å²) in [7, 11) is 0. The summed E-state index contributed by atoms with van der Waals surface area (Å²) in [4.78, 5) is 8.50. The SMILES string of the molecule is Nc1ccc2oc(SCCc3cccnc3)nc2c1. The van der Waals surface area contributed by atoms with E-state index in [9.17, 15) is 0 Å². The predicted molar refractivity (Wildman–Crippen MR) is 77.1 cm³/mol. The lowest BCUT2D eigenvalue weighted by molar-refractivity contribution is 0.489. The van der Waals surface area contributed by atoms with Crippen molar-refractivity contribution < 1.29 is 4.42 Å². The Bertz CT molecular complexity index is 681. The number of nitrogen functional groups attached to an aromatic ring is 1. The number of hydrogen-bond donors (Lipinski definition) is 1. The van der Waals surface area contributed by atoms with Crippen LogP contribution < -0.4 is 5.73 Å². The Balaban J connectivity index is 1.65. The molecule has 2 N–H and O–H groups in total. The van der Waals surface area contributed by atoms with E-state index in [1.54, 1.807) is 18.0 Å². The van der Waals surface area contributed by atoms with Gasteiger partial charge in [-0.15, -0.1) is 0 Å². The van der Waals surface area contributed by atoms with Crippen LogP contribution in [-0.4, -0.2) is 15.7 Å². The molecule has 0 saturated heterocycles. The minimum Gasteiger partial charge on any atom is -0.431 e. The van der Waals surface area contributed by atoms with Crippen LogP contribution in [0.4, 0.5) is 5.69 Å². The van der Waals surface area contributed by atoms with Crippen LogP contribution >= 0.6 is 11.8 Å². The van der Waals surface area contributed by atoms with Crippen LogP contribution in [0.3, 0.4) is 0 Å². The van der Waals surface area contributed by atoms with Crippen LogP contribution in [0.25, 0.3) is 11.1 Å². The molecule has 0 unspecified atom stereocenters. The summed E-state index contributed by atoms with van der Waals surface area (Å²) >= 11 is 1.60. The summed E-state index contributed by atoms with van der Waals surface area (Å²) in [5, 5.41) is 0.685. The van der Waals surface area contributed by atoms with E-state index < -0.39 is 0 Å². The zero-order valence-electron chi connectivity index (χ0n) is 10.2. The number of nitrogens with zero attached hydrogens (tertiary/aromatic N) is 2. The minimum absolute atomic E-state index is 0.685. The maximum Gasteiger partial charge on any atom is 0.256 e. The molecule has 1 aromatic carbocycles. The van der Waals surface area contributed by atoms with Gasteiger partial charge in [0.1, 0.15) is 5.52 Å². The number of pyridine rings is 1. The fourth-order valence-corrected chi connectivity index (χ4v) is 2.61. The van der Waals surface area contributed by atoms with Crippen LogP contribution in [0.2, 0.25) is 0 Å². The second-order valence-corrected chi connectivity index (χ2v) is 5.21. The van der Waals surface area contributed by atoms with Crippen molar-refractivity contribution in [2.24, 2.45) is 0 Å². The van der Waals surface area contributed by atoms with Gasteiger partial charge in [0.15, 0.2) is 5.58 Å². The number of benzene rings is 1. The quantitative estimate of drug-likeness (QED) is 0.583. The van der Waals surface area contributed by atoms with E-state index in [0.29, 0.717) is 10.9 Å². The first kappa shape index (κ1) is 12.0. The van der Waals surface area contributed by atoms with Crippen molar-refractivity contribution in [1.82, 2.24) is 9.97 Å². The molecule has 0 spiro atoms. The molecule has 0 aliphatic heterocycles. The maximum atomic E-state index is 5.71. The molecule has 0 amide bonds. The molecule has 0 atom stereocenters. The van der Waals surface area contributed by atoms with Gasteiger partial charge in [-0.3, -0.25) is 4.98 Å². The predicted octanol–water partition coefficient (Wildman–Crippen LogP) is 3.14. The topological polar surface area (TPSA) is 64.9 Å². The Labute approximate surface area is 115 Å². The van der Waals surface area contributed by atoms with E-state index >= 15 is 0 Å². The van der Waals surface area contributed by atoms with E-state index in [-0.39, 0.29) is 0 Å². The van der Waals surface area contributed by atoms with Crippen molar-refractivity contribution in [3.8, 4) is 0 Å². The summed E-state index contributed by atoms with van der Waals surface area (Å²) in [6.45, 7) is 0. The standard InChI is InChI=1S/C14H13N3OS/c15-11-3-4-13-12(8-11)17-14(18-13)19-7-5-10-2-1-6-16-9-10/h1-4,6,8-9H,5,7,15H2. The highest BCUT2D eigenvalue weighted by Gasteiger charge is 2.06. The largest absolute Gasteiger partial charge is 0.431 e. The average Bonchev–Trinajstić information content (AvgIpc) is 2.82. The molecule has 0 fully saturated rings. The first-order valence-electron chi connectivity index (χ1n) is 5.99. The third kappa shape index (κ3) is 2.88. The summed E-state index contributed by atoms with van der Waals surface area (Å²) in [6, 6.07) is 9.51. The van der Waals surface area contributed by atoms with Gasteiger partial charge in [0, 0.05) is 23.8 Å². The second-order valence-electron chi connectivity index (χ2n) is 4.17. The second kappa shape index (κ2) is 5.32. The number of rotatable bonds is 4. The van der Waals surface area contributed by atoms with Crippen molar-refractivity contribution in [3.05, 3.63) is 48.3 Å². The maximum absolute atomic E-state index is 5.71. The number of aromatic nitrogens is 2. The van der Waals surface area contributed by atoms with Gasteiger partial charge in [0.05, 0.1) is 0 Å². The lowest BCUT2D eigenvalue weighted by Gasteiger charge is -1.97. The van der Waals surface area contributed by atoms with Crippen molar-refractivity contribution in [1.29, 1.82) is 0 Å². The number of thioether (sulfide) groups is 1. The molecule has 0 bridgehead atoms. The first-order chi connectivity index (χ1) is 9.31. The molecular formula is C14H13N3OS. The molecule has 3 rings (SSSR count). The summed E-state index contributed by atoms with van der Waals surface area (Å²) in [5.74, 6) is 0.911. The Morgan fingerprint density at radius 1 is 1.26 bits per heavy atom.